The minimum Gasteiger partial charge on any atom is -0.493 e. The molecule has 3 rings (SSSR count). The standard InChI is InChI=1S/C20H28N2O3/c1-14-5-8-18(15(2)11-14)25-10-4-9-21(3)20(24)16-12-19(23)22(13-16)17-6-7-17/h5,8,11,16-17H,4,6-7,9-10,12-13H2,1-3H3. The number of benzene rings is 1. The molecule has 2 aliphatic rings. The molecule has 1 unspecified atom stereocenters. The van der Waals surface area contributed by atoms with E-state index in [9.17, 15) is 9.59 Å². The normalized spacial score (nSPS) is 20.0. The maximum atomic E-state index is 12.5. The SMILES string of the molecule is Cc1ccc(OCCCN(C)C(=O)C2CC(=O)N(C3CC3)C2)c(C)c1. The van der Waals surface area contributed by atoms with Crippen molar-refractivity contribution in [3.8, 4) is 5.75 Å². The van der Waals surface area contributed by atoms with E-state index < -0.39 is 0 Å². The smallest absolute Gasteiger partial charge is 0.227 e. The fourth-order valence-electron chi connectivity index (χ4n) is 3.50. The third kappa shape index (κ3) is 4.33. The van der Waals surface area contributed by atoms with Gasteiger partial charge in [-0.05, 0) is 44.7 Å². The van der Waals surface area contributed by atoms with Crippen molar-refractivity contribution < 1.29 is 14.3 Å². The maximum Gasteiger partial charge on any atom is 0.227 e. The second kappa shape index (κ2) is 7.46. The molecular formula is C20H28N2O3. The van der Waals surface area contributed by atoms with Crippen molar-refractivity contribution in [2.24, 2.45) is 5.92 Å². The van der Waals surface area contributed by atoms with Gasteiger partial charge < -0.3 is 14.5 Å². The molecule has 1 atom stereocenters. The van der Waals surface area contributed by atoms with Crippen LogP contribution in [0.2, 0.25) is 0 Å². The molecular weight excluding hydrogens is 316 g/mol. The third-order valence-electron chi connectivity index (χ3n) is 5.10. The quantitative estimate of drug-likeness (QED) is 0.714. The summed E-state index contributed by atoms with van der Waals surface area (Å²) in [6, 6.07) is 6.55. The lowest BCUT2D eigenvalue weighted by atomic mass is 10.1. The van der Waals surface area contributed by atoms with Gasteiger partial charge in [-0.2, -0.15) is 0 Å². The highest BCUT2D eigenvalue weighted by Gasteiger charge is 2.42. The van der Waals surface area contributed by atoms with Gasteiger partial charge in [0.25, 0.3) is 0 Å². The van der Waals surface area contributed by atoms with Crippen molar-refractivity contribution >= 4 is 11.8 Å². The van der Waals surface area contributed by atoms with Crippen molar-refractivity contribution in [3.05, 3.63) is 29.3 Å². The number of rotatable bonds is 7. The number of nitrogens with zero attached hydrogens (tertiary/aromatic N) is 2. The number of ether oxygens (including phenoxy) is 1. The predicted molar refractivity (Wildman–Crippen MR) is 96.5 cm³/mol. The summed E-state index contributed by atoms with van der Waals surface area (Å²) in [7, 11) is 1.82. The van der Waals surface area contributed by atoms with Crippen LogP contribution in [0.1, 0.15) is 36.8 Å². The van der Waals surface area contributed by atoms with E-state index in [0.29, 0.717) is 32.2 Å². The average Bonchev–Trinajstić information content (AvgIpc) is 3.34. The largest absolute Gasteiger partial charge is 0.493 e. The van der Waals surface area contributed by atoms with E-state index in [2.05, 4.69) is 13.0 Å². The topological polar surface area (TPSA) is 49.9 Å². The highest BCUT2D eigenvalue weighted by molar-refractivity contribution is 5.89. The lowest BCUT2D eigenvalue weighted by Crippen LogP contribution is -2.36. The number of aryl methyl sites for hydroxylation is 2. The molecule has 1 heterocycles. The fraction of sp³-hybridized carbons (Fsp3) is 0.600. The molecule has 2 fully saturated rings. The van der Waals surface area contributed by atoms with Gasteiger partial charge in [0, 0.05) is 32.6 Å². The van der Waals surface area contributed by atoms with Gasteiger partial charge in [-0.25, -0.2) is 0 Å². The molecule has 0 aromatic heterocycles. The first-order valence-corrected chi connectivity index (χ1v) is 9.20. The fourth-order valence-corrected chi connectivity index (χ4v) is 3.50. The molecule has 1 aliphatic carbocycles. The van der Waals surface area contributed by atoms with Gasteiger partial charge in [0.15, 0.2) is 0 Å². The summed E-state index contributed by atoms with van der Waals surface area (Å²) in [5, 5.41) is 0. The van der Waals surface area contributed by atoms with E-state index in [-0.39, 0.29) is 17.7 Å². The molecule has 136 valence electrons. The van der Waals surface area contributed by atoms with Gasteiger partial charge >= 0.3 is 0 Å². The van der Waals surface area contributed by atoms with Crippen LogP contribution >= 0.6 is 0 Å². The van der Waals surface area contributed by atoms with E-state index in [1.165, 1.54) is 5.56 Å². The molecule has 0 spiro atoms. The van der Waals surface area contributed by atoms with Gasteiger partial charge in [0.05, 0.1) is 12.5 Å². The van der Waals surface area contributed by atoms with Crippen LogP contribution in [-0.4, -0.2) is 54.4 Å². The molecule has 0 radical (unpaired) electrons. The van der Waals surface area contributed by atoms with E-state index in [4.69, 9.17) is 4.74 Å². The minimum atomic E-state index is -0.168. The average molecular weight is 344 g/mol. The Hall–Kier alpha value is -2.04. The number of hydrogen-bond donors (Lipinski definition) is 0. The third-order valence-corrected chi connectivity index (χ3v) is 5.10. The Morgan fingerprint density at radius 3 is 2.76 bits per heavy atom. The molecule has 1 saturated heterocycles. The van der Waals surface area contributed by atoms with Crippen LogP contribution in [-0.2, 0) is 9.59 Å². The first kappa shape index (κ1) is 17.8. The molecule has 0 bridgehead atoms. The molecule has 0 N–H and O–H groups in total. The second-order valence-corrected chi connectivity index (χ2v) is 7.41. The summed E-state index contributed by atoms with van der Waals surface area (Å²) < 4.78 is 5.82. The van der Waals surface area contributed by atoms with E-state index in [1.807, 2.05) is 31.0 Å². The van der Waals surface area contributed by atoms with Crippen molar-refractivity contribution in [2.75, 3.05) is 26.7 Å². The van der Waals surface area contributed by atoms with E-state index in [1.54, 1.807) is 4.90 Å². The monoisotopic (exact) mass is 344 g/mol. The summed E-state index contributed by atoms with van der Waals surface area (Å²) >= 11 is 0. The first-order valence-electron chi connectivity index (χ1n) is 9.20. The van der Waals surface area contributed by atoms with Crippen LogP contribution in [0.3, 0.4) is 0 Å². The lowest BCUT2D eigenvalue weighted by molar-refractivity contribution is -0.134. The van der Waals surface area contributed by atoms with Gasteiger partial charge in [-0.1, -0.05) is 17.7 Å². The lowest BCUT2D eigenvalue weighted by Gasteiger charge is -2.21. The molecule has 1 aromatic carbocycles. The molecule has 1 aromatic rings. The Morgan fingerprint density at radius 1 is 1.32 bits per heavy atom. The molecule has 5 heteroatoms. The van der Waals surface area contributed by atoms with Crippen molar-refractivity contribution in [1.29, 1.82) is 0 Å². The van der Waals surface area contributed by atoms with Crippen molar-refractivity contribution in [1.82, 2.24) is 9.80 Å². The molecule has 1 saturated carbocycles. The highest BCUT2D eigenvalue weighted by atomic mass is 16.5. The Bertz CT molecular complexity index is 654. The Labute approximate surface area is 149 Å². The predicted octanol–water partition coefficient (Wildman–Crippen LogP) is 2.54. The highest BCUT2D eigenvalue weighted by Crippen LogP contribution is 2.33. The van der Waals surface area contributed by atoms with Crippen molar-refractivity contribution in [2.45, 2.75) is 45.6 Å². The zero-order valence-electron chi connectivity index (χ0n) is 15.5. The molecule has 25 heavy (non-hydrogen) atoms. The minimum absolute atomic E-state index is 0.0861. The molecule has 5 nitrogen and oxygen atoms in total. The van der Waals surface area contributed by atoms with Crippen LogP contribution in [0.4, 0.5) is 0 Å². The van der Waals surface area contributed by atoms with E-state index >= 15 is 0 Å². The van der Waals surface area contributed by atoms with Crippen molar-refractivity contribution in [3.63, 3.8) is 0 Å². The number of likely N-dealkylation sites (tertiary alicyclic amines) is 1. The van der Waals surface area contributed by atoms with Gasteiger partial charge in [0.2, 0.25) is 11.8 Å². The Balaban J connectivity index is 1.40. The number of carbonyl (C=O) groups is 2. The summed E-state index contributed by atoms with van der Waals surface area (Å²) in [5.74, 6) is 0.967. The summed E-state index contributed by atoms with van der Waals surface area (Å²) in [6.45, 7) is 5.94. The number of amides is 2. The number of carbonyl (C=O) groups excluding carboxylic acids is 2. The van der Waals surface area contributed by atoms with Crippen LogP contribution in [0.5, 0.6) is 5.75 Å². The molecule has 1 aliphatic heterocycles. The van der Waals surface area contributed by atoms with Gasteiger partial charge in [-0.15, -0.1) is 0 Å². The van der Waals surface area contributed by atoms with Gasteiger partial charge in [-0.3, -0.25) is 9.59 Å². The summed E-state index contributed by atoms with van der Waals surface area (Å²) in [6.07, 6.45) is 3.35. The Kier molecular flexibility index (Phi) is 5.30. The van der Waals surface area contributed by atoms with Crippen LogP contribution in [0.25, 0.3) is 0 Å². The van der Waals surface area contributed by atoms with Crippen LogP contribution in [0, 0.1) is 19.8 Å². The zero-order chi connectivity index (χ0) is 18.0. The Morgan fingerprint density at radius 2 is 2.08 bits per heavy atom. The second-order valence-electron chi connectivity index (χ2n) is 7.41. The van der Waals surface area contributed by atoms with Gasteiger partial charge in [0.1, 0.15) is 5.75 Å². The van der Waals surface area contributed by atoms with Crippen LogP contribution < -0.4 is 4.74 Å². The summed E-state index contributed by atoms with van der Waals surface area (Å²) in [4.78, 5) is 28.2. The zero-order valence-corrected chi connectivity index (χ0v) is 15.5. The maximum absolute atomic E-state index is 12.5. The summed E-state index contributed by atoms with van der Waals surface area (Å²) in [5.41, 5.74) is 2.36. The van der Waals surface area contributed by atoms with Crippen LogP contribution in [0.15, 0.2) is 18.2 Å². The van der Waals surface area contributed by atoms with E-state index in [0.717, 1.165) is 30.6 Å². The molecule has 2 amide bonds. The first-order chi connectivity index (χ1) is 12.0. The number of hydrogen-bond acceptors (Lipinski definition) is 3.